The second kappa shape index (κ2) is 8.99. The summed E-state index contributed by atoms with van der Waals surface area (Å²) in [5.74, 6) is -0.208. The summed E-state index contributed by atoms with van der Waals surface area (Å²) >= 11 is 0. The van der Waals surface area contributed by atoms with Crippen molar-refractivity contribution in [3.05, 3.63) is 65.2 Å². The van der Waals surface area contributed by atoms with Crippen LogP contribution in [0.5, 0.6) is 0 Å². The first kappa shape index (κ1) is 18.7. The molecule has 25 heavy (non-hydrogen) atoms. The van der Waals surface area contributed by atoms with E-state index in [1.54, 1.807) is 24.3 Å². The number of hydrogen-bond donors (Lipinski definition) is 3. The van der Waals surface area contributed by atoms with Crippen LogP contribution < -0.4 is 15.5 Å². The van der Waals surface area contributed by atoms with Crippen LogP contribution in [0.15, 0.2) is 48.5 Å². The molecule has 0 saturated carbocycles. The lowest BCUT2D eigenvalue weighted by Crippen LogP contribution is -3.08. The fourth-order valence-electron chi connectivity index (χ4n) is 2.68. The third kappa shape index (κ3) is 5.72. The summed E-state index contributed by atoms with van der Waals surface area (Å²) in [5, 5.41) is 5.62. The molecule has 0 aliphatic rings. The Balaban J connectivity index is 1.92. The molecule has 2 aromatic carbocycles. The molecule has 2 rings (SSSR count). The lowest BCUT2D eigenvalue weighted by molar-refractivity contribution is -0.885. The molecule has 0 aromatic heterocycles. The number of hydrogen-bond acceptors (Lipinski definition) is 2. The zero-order valence-corrected chi connectivity index (χ0v) is 15.1. The summed E-state index contributed by atoms with van der Waals surface area (Å²) in [5.41, 5.74) is 3.65. The predicted octanol–water partition coefficient (Wildman–Crippen LogP) is 1.40. The van der Waals surface area contributed by atoms with Gasteiger partial charge in [0, 0.05) is 23.4 Å². The molecule has 1 atom stereocenters. The van der Waals surface area contributed by atoms with Crippen molar-refractivity contribution in [2.45, 2.75) is 20.4 Å². The van der Waals surface area contributed by atoms with Gasteiger partial charge in [0.1, 0.15) is 6.54 Å². The summed E-state index contributed by atoms with van der Waals surface area (Å²) in [6.45, 7) is 5.67. The normalized spacial score (nSPS) is 11.6. The van der Waals surface area contributed by atoms with Crippen LogP contribution >= 0.6 is 0 Å². The number of nitrogens with one attached hydrogen (secondary N) is 3. The van der Waals surface area contributed by atoms with Crippen LogP contribution in [0.4, 0.5) is 5.69 Å². The van der Waals surface area contributed by atoms with Crippen molar-refractivity contribution in [2.75, 3.05) is 25.5 Å². The minimum atomic E-state index is -0.138. The summed E-state index contributed by atoms with van der Waals surface area (Å²) in [6, 6.07) is 15.2. The third-order valence-electron chi connectivity index (χ3n) is 3.96. The first-order chi connectivity index (χ1) is 12.0. The molecular formula is C20H26N3O2+. The van der Waals surface area contributed by atoms with Gasteiger partial charge in [-0.2, -0.15) is 0 Å². The van der Waals surface area contributed by atoms with Crippen molar-refractivity contribution in [1.82, 2.24) is 5.32 Å². The summed E-state index contributed by atoms with van der Waals surface area (Å²) in [6.07, 6.45) is 0. The zero-order valence-electron chi connectivity index (χ0n) is 15.1. The molecule has 0 bridgehead atoms. The van der Waals surface area contributed by atoms with E-state index in [4.69, 9.17) is 0 Å². The number of carbonyl (C=O) groups excluding carboxylic acids is 2. The smallest absolute Gasteiger partial charge is 0.279 e. The minimum Gasteiger partial charge on any atom is -0.352 e. The Morgan fingerprint density at radius 2 is 1.84 bits per heavy atom. The van der Waals surface area contributed by atoms with Gasteiger partial charge in [0.2, 0.25) is 0 Å². The topological polar surface area (TPSA) is 62.6 Å². The molecule has 0 spiro atoms. The molecule has 5 nitrogen and oxygen atoms in total. The van der Waals surface area contributed by atoms with Crippen LogP contribution in [-0.2, 0) is 11.3 Å². The Morgan fingerprint density at radius 1 is 1.08 bits per heavy atom. The third-order valence-corrected chi connectivity index (χ3v) is 3.96. The van der Waals surface area contributed by atoms with Gasteiger partial charge in [-0.3, -0.25) is 9.59 Å². The quantitative estimate of drug-likeness (QED) is 0.713. The van der Waals surface area contributed by atoms with Gasteiger partial charge in [0.25, 0.3) is 11.8 Å². The molecule has 0 aliphatic heterocycles. The molecule has 1 unspecified atom stereocenters. The van der Waals surface area contributed by atoms with Gasteiger partial charge in [-0.15, -0.1) is 0 Å². The molecule has 0 heterocycles. The van der Waals surface area contributed by atoms with Crippen molar-refractivity contribution in [1.29, 1.82) is 0 Å². The van der Waals surface area contributed by atoms with Crippen LogP contribution in [0.1, 0.15) is 28.4 Å². The van der Waals surface area contributed by atoms with E-state index < -0.39 is 0 Å². The largest absolute Gasteiger partial charge is 0.352 e. The summed E-state index contributed by atoms with van der Waals surface area (Å²) < 4.78 is 0. The molecule has 132 valence electrons. The molecule has 3 N–H and O–H groups in total. The number of amides is 2. The SMILES string of the molecule is CCNC(=O)c1cccc(NC(=O)C[NH+](C)Cc2ccccc2C)c1. The predicted molar refractivity (Wildman–Crippen MR) is 99.7 cm³/mol. The lowest BCUT2D eigenvalue weighted by atomic mass is 10.1. The van der Waals surface area contributed by atoms with Crippen molar-refractivity contribution in [3.63, 3.8) is 0 Å². The van der Waals surface area contributed by atoms with Gasteiger partial charge in [-0.25, -0.2) is 0 Å². The van der Waals surface area contributed by atoms with Crippen molar-refractivity contribution < 1.29 is 14.5 Å². The van der Waals surface area contributed by atoms with E-state index in [0.29, 0.717) is 24.3 Å². The highest BCUT2D eigenvalue weighted by Crippen LogP contribution is 2.10. The van der Waals surface area contributed by atoms with Crippen molar-refractivity contribution in [3.8, 4) is 0 Å². The van der Waals surface area contributed by atoms with Gasteiger partial charge < -0.3 is 15.5 Å². The highest BCUT2D eigenvalue weighted by atomic mass is 16.2. The van der Waals surface area contributed by atoms with Crippen molar-refractivity contribution in [2.24, 2.45) is 0 Å². The molecule has 0 aliphatic carbocycles. The molecular weight excluding hydrogens is 314 g/mol. The van der Waals surface area contributed by atoms with E-state index in [1.807, 2.05) is 26.1 Å². The Kier molecular flexibility index (Phi) is 6.71. The van der Waals surface area contributed by atoms with Crippen molar-refractivity contribution >= 4 is 17.5 Å². The highest BCUT2D eigenvalue weighted by molar-refractivity contribution is 5.97. The van der Waals surface area contributed by atoms with E-state index in [9.17, 15) is 9.59 Å². The number of quaternary nitrogens is 1. The fraction of sp³-hybridized carbons (Fsp3) is 0.300. The Hall–Kier alpha value is -2.66. The maximum absolute atomic E-state index is 12.3. The Labute approximate surface area is 149 Å². The molecule has 2 aromatic rings. The first-order valence-electron chi connectivity index (χ1n) is 8.53. The van der Waals surface area contributed by atoms with E-state index in [1.165, 1.54) is 11.1 Å². The van der Waals surface area contributed by atoms with Gasteiger partial charge in [-0.1, -0.05) is 30.3 Å². The molecule has 2 amide bonds. The minimum absolute atomic E-state index is 0.0702. The van der Waals surface area contributed by atoms with Gasteiger partial charge in [0.15, 0.2) is 6.54 Å². The van der Waals surface area contributed by atoms with Gasteiger partial charge >= 0.3 is 0 Å². The van der Waals surface area contributed by atoms with Gasteiger partial charge in [0.05, 0.1) is 7.05 Å². The first-order valence-corrected chi connectivity index (χ1v) is 8.53. The number of carbonyl (C=O) groups is 2. The van der Waals surface area contributed by atoms with Crippen LogP contribution in [0, 0.1) is 6.92 Å². The van der Waals surface area contributed by atoms with E-state index >= 15 is 0 Å². The lowest BCUT2D eigenvalue weighted by Gasteiger charge is -2.15. The number of anilines is 1. The number of rotatable bonds is 7. The monoisotopic (exact) mass is 340 g/mol. The standard InChI is InChI=1S/C20H25N3O2/c1-4-21-20(25)16-10-7-11-18(12-16)22-19(24)14-23(3)13-17-9-6-5-8-15(17)2/h5-12H,4,13-14H2,1-3H3,(H,21,25)(H,22,24)/p+1. The second-order valence-corrected chi connectivity index (χ2v) is 6.23. The maximum atomic E-state index is 12.3. The van der Waals surface area contributed by atoms with Crippen LogP contribution in [0.3, 0.4) is 0 Å². The molecule has 5 heteroatoms. The average molecular weight is 340 g/mol. The van der Waals surface area contributed by atoms with Gasteiger partial charge in [-0.05, 0) is 37.6 Å². The Morgan fingerprint density at radius 3 is 2.56 bits per heavy atom. The maximum Gasteiger partial charge on any atom is 0.279 e. The second-order valence-electron chi connectivity index (χ2n) is 6.23. The number of likely N-dealkylation sites (N-methyl/N-ethyl adjacent to an activating group) is 1. The van der Waals surface area contributed by atoms with E-state index in [2.05, 4.69) is 29.7 Å². The summed E-state index contributed by atoms with van der Waals surface area (Å²) in [7, 11) is 2.00. The number of aryl methyl sites for hydroxylation is 1. The van der Waals surface area contributed by atoms with Crippen LogP contribution in [0.2, 0.25) is 0 Å². The summed E-state index contributed by atoms with van der Waals surface area (Å²) in [4.78, 5) is 25.2. The van der Waals surface area contributed by atoms with Crippen LogP contribution in [0.25, 0.3) is 0 Å². The molecule has 0 radical (unpaired) electrons. The molecule has 0 fully saturated rings. The fourth-order valence-corrected chi connectivity index (χ4v) is 2.68. The number of benzene rings is 2. The highest BCUT2D eigenvalue weighted by Gasteiger charge is 2.13. The van der Waals surface area contributed by atoms with E-state index in [-0.39, 0.29) is 11.8 Å². The van der Waals surface area contributed by atoms with E-state index in [0.717, 1.165) is 11.4 Å². The average Bonchev–Trinajstić information content (AvgIpc) is 2.57. The molecule has 0 saturated heterocycles. The zero-order chi connectivity index (χ0) is 18.2. The Bertz CT molecular complexity index is 743. The van der Waals surface area contributed by atoms with Crippen LogP contribution in [-0.4, -0.2) is 32.0 Å².